The second kappa shape index (κ2) is 6.52. The molecule has 0 aromatic heterocycles. The Bertz CT molecular complexity index is 740. The van der Waals surface area contributed by atoms with Gasteiger partial charge in [-0.3, -0.25) is 9.59 Å². The highest BCUT2D eigenvalue weighted by Crippen LogP contribution is 2.36. The molecule has 1 aliphatic heterocycles. The molecule has 5 nitrogen and oxygen atoms in total. The van der Waals surface area contributed by atoms with Crippen LogP contribution >= 0.6 is 0 Å². The van der Waals surface area contributed by atoms with Crippen molar-refractivity contribution in [2.45, 2.75) is 13.3 Å². The molecule has 3 rings (SSSR count). The van der Waals surface area contributed by atoms with Crippen LogP contribution in [-0.4, -0.2) is 24.9 Å². The number of benzene rings is 2. The van der Waals surface area contributed by atoms with E-state index in [0.29, 0.717) is 36.0 Å². The van der Waals surface area contributed by atoms with Crippen molar-refractivity contribution in [2.75, 3.05) is 18.5 Å². The number of fused-ring (bicyclic) bond motifs is 1. The highest BCUT2D eigenvalue weighted by molar-refractivity contribution is 6.06. The maximum absolute atomic E-state index is 12.7. The normalized spacial score (nSPS) is 12.6. The molecule has 0 radical (unpaired) electrons. The lowest BCUT2D eigenvalue weighted by atomic mass is 10.0. The van der Waals surface area contributed by atoms with Gasteiger partial charge in [-0.1, -0.05) is 30.3 Å². The van der Waals surface area contributed by atoms with Gasteiger partial charge < -0.3 is 14.8 Å². The summed E-state index contributed by atoms with van der Waals surface area (Å²) in [5.74, 6) is 0.741. The highest BCUT2D eigenvalue weighted by atomic mass is 16.6. The van der Waals surface area contributed by atoms with Crippen LogP contribution < -0.4 is 14.8 Å². The lowest BCUT2D eigenvalue weighted by Gasteiger charge is -2.21. The molecule has 0 bridgehead atoms. The summed E-state index contributed by atoms with van der Waals surface area (Å²) in [5, 5.41) is 2.69. The van der Waals surface area contributed by atoms with Crippen LogP contribution in [-0.2, 0) is 11.2 Å². The number of amides is 1. The Balaban J connectivity index is 1.95. The Morgan fingerprint density at radius 2 is 1.70 bits per heavy atom. The summed E-state index contributed by atoms with van der Waals surface area (Å²) in [6, 6.07) is 12.8. The molecule has 2 aromatic rings. The first-order chi connectivity index (χ1) is 11.1. The zero-order valence-corrected chi connectivity index (χ0v) is 12.8. The number of nitrogens with one attached hydrogen (secondary N) is 1. The third-order valence-electron chi connectivity index (χ3n) is 3.50. The monoisotopic (exact) mass is 311 g/mol. The smallest absolute Gasteiger partial charge is 0.221 e. The van der Waals surface area contributed by atoms with Crippen LogP contribution in [0, 0.1) is 0 Å². The zero-order chi connectivity index (χ0) is 16.2. The van der Waals surface area contributed by atoms with Crippen molar-refractivity contribution < 1.29 is 19.1 Å². The number of hydrogen-bond donors (Lipinski definition) is 1. The molecule has 1 heterocycles. The predicted molar refractivity (Wildman–Crippen MR) is 86.2 cm³/mol. The molecular formula is C18H17NO4. The van der Waals surface area contributed by atoms with E-state index in [4.69, 9.17) is 9.47 Å². The van der Waals surface area contributed by atoms with Gasteiger partial charge in [0, 0.05) is 25.0 Å². The van der Waals surface area contributed by atoms with Gasteiger partial charge in [-0.25, -0.2) is 0 Å². The third-order valence-corrected chi connectivity index (χ3v) is 3.50. The summed E-state index contributed by atoms with van der Waals surface area (Å²) < 4.78 is 11.0. The Morgan fingerprint density at radius 3 is 2.35 bits per heavy atom. The molecule has 118 valence electrons. The van der Waals surface area contributed by atoms with Crippen molar-refractivity contribution >= 4 is 17.4 Å². The summed E-state index contributed by atoms with van der Waals surface area (Å²) in [6.07, 6.45) is 0.257. The Kier molecular flexibility index (Phi) is 4.28. The molecule has 2 aromatic carbocycles. The molecule has 0 fully saturated rings. The van der Waals surface area contributed by atoms with Crippen LogP contribution in [0.15, 0.2) is 42.5 Å². The average molecular weight is 311 g/mol. The zero-order valence-electron chi connectivity index (χ0n) is 12.8. The van der Waals surface area contributed by atoms with E-state index in [-0.39, 0.29) is 18.1 Å². The van der Waals surface area contributed by atoms with Crippen molar-refractivity contribution in [3.63, 3.8) is 0 Å². The van der Waals surface area contributed by atoms with E-state index in [9.17, 15) is 9.59 Å². The quantitative estimate of drug-likeness (QED) is 0.882. The largest absolute Gasteiger partial charge is 0.486 e. The summed E-state index contributed by atoms with van der Waals surface area (Å²) in [7, 11) is 0. The number of ether oxygens (including phenoxy) is 2. The van der Waals surface area contributed by atoms with E-state index in [1.807, 2.05) is 30.3 Å². The maximum atomic E-state index is 12.7. The van der Waals surface area contributed by atoms with E-state index >= 15 is 0 Å². The van der Waals surface area contributed by atoms with E-state index < -0.39 is 0 Å². The van der Waals surface area contributed by atoms with Crippen molar-refractivity contribution in [1.29, 1.82) is 0 Å². The van der Waals surface area contributed by atoms with Gasteiger partial charge in [0.15, 0.2) is 17.3 Å². The van der Waals surface area contributed by atoms with Gasteiger partial charge in [0.1, 0.15) is 13.2 Å². The van der Waals surface area contributed by atoms with Crippen molar-refractivity contribution in [1.82, 2.24) is 0 Å². The Labute approximate surface area is 134 Å². The number of Topliss-reactive ketones (excluding diaryl/α,β-unsaturated/α-hetero) is 1. The minimum Gasteiger partial charge on any atom is -0.486 e. The van der Waals surface area contributed by atoms with Gasteiger partial charge >= 0.3 is 0 Å². The van der Waals surface area contributed by atoms with Gasteiger partial charge in [-0.15, -0.1) is 0 Å². The number of hydrogen-bond acceptors (Lipinski definition) is 4. The van der Waals surface area contributed by atoms with Crippen molar-refractivity contribution in [3.05, 3.63) is 53.6 Å². The van der Waals surface area contributed by atoms with Gasteiger partial charge in [0.25, 0.3) is 0 Å². The molecule has 0 atom stereocenters. The fourth-order valence-electron chi connectivity index (χ4n) is 2.49. The first kappa shape index (κ1) is 15.1. The molecule has 0 unspecified atom stereocenters. The van der Waals surface area contributed by atoms with E-state index in [1.54, 1.807) is 12.1 Å². The van der Waals surface area contributed by atoms with Crippen LogP contribution in [0.25, 0.3) is 0 Å². The SMILES string of the molecule is CC(=O)Nc1cc2c(cc1C(=O)Cc1ccccc1)OCCO2. The molecule has 0 aliphatic carbocycles. The van der Waals surface area contributed by atoms with Crippen molar-refractivity contribution in [3.8, 4) is 11.5 Å². The topological polar surface area (TPSA) is 64.6 Å². The molecular weight excluding hydrogens is 294 g/mol. The first-order valence-electron chi connectivity index (χ1n) is 7.42. The molecule has 1 aliphatic rings. The fourth-order valence-corrected chi connectivity index (χ4v) is 2.49. The van der Waals surface area contributed by atoms with Gasteiger partial charge in [0.05, 0.1) is 5.69 Å². The van der Waals surface area contributed by atoms with E-state index in [2.05, 4.69) is 5.32 Å². The minimum atomic E-state index is -0.240. The lowest BCUT2D eigenvalue weighted by Crippen LogP contribution is -2.18. The summed E-state index contributed by atoms with van der Waals surface area (Å²) in [6.45, 7) is 2.30. The Hall–Kier alpha value is -2.82. The molecule has 1 N–H and O–H groups in total. The predicted octanol–water partition coefficient (Wildman–Crippen LogP) is 2.84. The standard InChI is InChI=1S/C18H17NO4/c1-12(20)19-15-11-18-17(22-7-8-23-18)10-14(15)16(21)9-13-5-3-2-4-6-13/h2-6,10-11H,7-9H2,1H3,(H,19,20). The molecule has 0 saturated heterocycles. The molecule has 5 heteroatoms. The van der Waals surface area contributed by atoms with Crippen molar-refractivity contribution in [2.24, 2.45) is 0 Å². The third kappa shape index (κ3) is 3.51. The number of anilines is 1. The molecule has 23 heavy (non-hydrogen) atoms. The van der Waals surface area contributed by atoms with Crippen LogP contribution in [0.2, 0.25) is 0 Å². The summed E-state index contributed by atoms with van der Waals surface area (Å²) >= 11 is 0. The maximum Gasteiger partial charge on any atom is 0.221 e. The van der Waals surface area contributed by atoms with Gasteiger partial charge in [-0.2, -0.15) is 0 Å². The molecule has 0 spiro atoms. The number of ketones is 1. The van der Waals surface area contributed by atoms with Gasteiger partial charge in [-0.05, 0) is 11.6 Å². The Morgan fingerprint density at radius 1 is 1.04 bits per heavy atom. The second-order valence-electron chi connectivity index (χ2n) is 5.31. The summed E-state index contributed by atoms with van der Waals surface area (Å²) in [4.78, 5) is 24.1. The van der Waals surface area contributed by atoms with Crippen LogP contribution in [0.5, 0.6) is 11.5 Å². The van der Waals surface area contributed by atoms with E-state index in [0.717, 1.165) is 5.56 Å². The van der Waals surface area contributed by atoms with Crippen LogP contribution in [0.4, 0.5) is 5.69 Å². The highest BCUT2D eigenvalue weighted by Gasteiger charge is 2.20. The van der Waals surface area contributed by atoms with Crippen LogP contribution in [0.3, 0.4) is 0 Å². The average Bonchev–Trinajstić information content (AvgIpc) is 2.54. The number of rotatable bonds is 4. The van der Waals surface area contributed by atoms with E-state index in [1.165, 1.54) is 6.92 Å². The van der Waals surface area contributed by atoms with Gasteiger partial charge in [0.2, 0.25) is 5.91 Å². The second-order valence-corrected chi connectivity index (χ2v) is 5.31. The number of carbonyl (C=O) groups excluding carboxylic acids is 2. The minimum absolute atomic E-state index is 0.0862. The first-order valence-corrected chi connectivity index (χ1v) is 7.42. The fraction of sp³-hybridized carbons (Fsp3) is 0.222. The molecule has 0 saturated carbocycles. The number of carbonyl (C=O) groups is 2. The lowest BCUT2D eigenvalue weighted by molar-refractivity contribution is -0.114. The summed E-state index contributed by atoms with van der Waals surface area (Å²) in [5.41, 5.74) is 1.79. The van der Waals surface area contributed by atoms with Crippen LogP contribution in [0.1, 0.15) is 22.8 Å². The molecule has 1 amide bonds.